The number of carbonyl (C=O) groups is 1. The average molecular weight is 213 g/mol. The number of likely N-dealkylation sites (N-methyl/N-ethyl adjacent to an activating group) is 1. The van der Waals surface area contributed by atoms with E-state index in [0.29, 0.717) is 12.6 Å². The average Bonchev–Trinajstić information content (AvgIpc) is 2.83. The minimum atomic E-state index is -0.620. The Bertz CT molecular complexity index is 238. The number of hydrogen-bond donors (Lipinski definition) is 2. The summed E-state index contributed by atoms with van der Waals surface area (Å²) in [6.07, 6.45) is 2.49. The normalized spacial score (nSPS) is 20.7. The largest absolute Gasteiger partial charge is 0.368 e. The van der Waals surface area contributed by atoms with Crippen molar-refractivity contribution in [2.45, 2.75) is 51.2 Å². The first-order chi connectivity index (χ1) is 6.85. The Kier molecular flexibility index (Phi) is 3.73. The van der Waals surface area contributed by atoms with E-state index in [4.69, 9.17) is 5.73 Å². The van der Waals surface area contributed by atoms with Crippen LogP contribution in [0.1, 0.15) is 33.6 Å². The quantitative estimate of drug-likeness (QED) is 0.668. The van der Waals surface area contributed by atoms with Crippen LogP contribution >= 0.6 is 0 Å². The van der Waals surface area contributed by atoms with Gasteiger partial charge in [0.25, 0.3) is 0 Å². The third-order valence-electron chi connectivity index (χ3n) is 2.89. The van der Waals surface area contributed by atoms with Crippen LogP contribution in [0.4, 0.5) is 0 Å². The van der Waals surface area contributed by atoms with Crippen LogP contribution in [-0.4, -0.2) is 42.0 Å². The lowest BCUT2D eigenvalue weighted by Crippen LogP contribution is -2.61. The van der Waals surface area contributed by atoms with E-state index < -0.39 is 5.54 Å². The van der Waals surface area contributed by atoms with E-state index in [1.807, 2.05) is 20.8 Å². The van der Waals surface area contributed by atoms with Gasteiger partial charge in [-0.15, -0.1) is 0 Å². The molecule has 0 radical (unpaired) electrons. The molecule has 0 aromatic carbocycles. The van der Waals surface area contributed by atoms with Crippen LogP contribution in [0, 0.1) is 0 Å². The minimum Gasteiger partial charge on any atom is -0.368 e. The molecule has 3 N–H and O–H groups in total. The third kappa shape index (κ3) is 3.47. The van der Waals surface area contributed by atoms with E-state index in [2.05, 4.69) is 17.3 Å². The molecule has 1 fully saturated rings. The van der Waals surface area contributed by atoms with Crippen LogP contribution in [0.5, 0.6) is 0 Å². The summed E-state index contributed by atoms with van der Waals surface area (Å²) in [6, 6.07) is 0.910. The third-order valence-corrected chi connectivity index (χ3v) is 2.89. The lowest BCUT2D eigenvalue weighted by molar-refractivity contribution is -0.124. The van der Waals surface area contributed by atoms with E-state index in [1.165, 1.54) is 12.8 Å². The first-order valence-electron chi connectivity index (χ1n) is 5.63. The molecule has 1 aliphatic carbocycles. The fourth-order valence-corrected chi connectivity index (χ4v) is 1.98. The maximum absolute atomic E-state index is 11.5. The van der Waals surface area contributed by atoms with Crippen molar-refractivity contribution in [1.82, 2.24) is 10.2 Å². The predicted octanol–water partition coefficient (Wildman–Crippen LogP) is 0.323. The Morgan fingerprint density at radius 3 is 2.47 bits per heavy atom. The van der Waals surface area contributed by atoms with Gasteiger partial charge in [-0.3, -0.25) is 4.79 Å². The first kappa shape index (κ1) is 12.5. The topological polar surface area (TPSA) is 58.4 Å². The number of amides is 1. The minimum absolute atomic E-state index is 0.259. The van der Waals surface area contributed by atoms with Gasteiger partial charge in [0.1, 0.15) is 5.54 Å². The molecule has 15 heavy (non-hydrogen) atoms. The Balaban J connectivity index is 2.58. The number of nitrogens with two attached hydrogens (primary N) is 1. The maximum atomic E-state index is 11.5. The molecule has 0 spiro atoms. The second-order valence-corrected chi connectivity index (χ2v) is 5.14. The summed E-state index contributed by atoms with van der Waals surface area (Å²) in [5.74, 6) is -0.274. The summed E-state index contributed by atoms with van der Waals surface area (Å²) in [5, 5.41) is 3.25. The van der Waals surface area contributed by atoms with Crippen molar-refractivity contribution in [2.24, 2.45) is 5.73 Å². The number of primary amides is 1. The van der Waals surface area contributed by atoms with Crippen molar-refractivity contribution in [3.05, 3.63) is 0 Å². The molecule has 0 heterocycles. The van der Waals surface area contributed by atoms with Crippen LogP contribution in [0.25, 0.3) is 0 Å². The Morgan fingerprint density at radius 2 is 2.13 bits per heavy atom. The molecular weight excluding hydrogens is 190 g/mol. The van der Waals surface area contributed by atoms with Crippen LogP contribution in [-0.2, 0) is 4.79 Å². The van der Waals surface area contributed by atoms with E-state index in [1.54, 1.807) is 0 Å². The number of nitrogens with one attached hydrogen (secondary N) is 1. The van der Waals surface area contributed by atoms with Gasteiger partial charge in [-0.2, -0.15) is 0 Å². The molecule has 4 nitrogen and oxygen atoms in total. The zero-order valence-electron chi connectivity index (χ0n) is 10.2. The second-order valence-electron chi connectivity index (χ2n) is 5.14. The molecule has 1 unspecified atom stereocenters. The zero-order chi connectivity index (χ0) is 11.6. The fourth-order valence-electron chi connectivity index (χ4n) is 1.98. The van der Waals surface area contributed by atoms with Gasteiger partial charge >= 0.3 is 0 Å². The smallest absolute Gasteiger partial charge is 0.238 e. The lowest BCUT2D eigenvalue weighted by Gasteiger charge is -2.33. The van der Waals surface area contributed by atoms with Crippen molar-refractivity contribution >= 4 is 5.91 Å². The fraction of sp³-hybridized carbons (Fsp3) is 0.909. The van der Waals surface area contributed by atoms with Crippen LogP contribution in [0.3, 0.4) is 0 Å². The summed E-state index contributed by atoms with van der Waals surface area (Å²) in [5.41, 5.74) is 4.84. The molecule has 0 aromatic rings. The van der Waals surface area contributed by atoms with E-state index >= 15 is 0 Å². The predicted molar refractivity (Wildman–Crippen MR) is 61.5 cm³/mol. The highest BCUT2D eigenvalue weighted by molar-refractivity contribution is 5.84. The van der Waals surface area contributed by atoms with Gasteiger partial charge in [0.15, 0.2) is 0 Å². The molecule has 1 amide bonds. The number of nitrogens with zero attached hydrogens (tertiary/aromatic N) is 1. The molecule has 1 rings (SSSR count). The van der Waals surface area contributed by atoms with Crippen molar-refractivity contribution in [1.29, 1.82) is 0 Å². The van der Waals surface area contributed by atoms with Crippen LogP contribution in [0.15, 0.2) is 0 Å². The SMILES string of the molecule is CC(C)NC(C)(CN(C)C1CC1)C(N)=O. The monoisotopic (exact) mass is 213 g/mol. The summed E-state index contributed by atoms with van der Waals surface area (Å²) < 4.78 is 0. The van der Waals surface area contributed by atoms with Gasteiger partial charge in [-0.05, 0) is 40.7 Å². The van der Waals surface area contributed by atoms with Crippen LogP contribution in [0.2, 0.25) is 0 Å². The summed E-state index contributed by atoms with van der Waals surface area (Å²) in [6.45, 7) is 6.62. The van der Waals surface area contributed by atoms with Crippen molar-refractivity contribution in [3.63, 3.8) is 0 Å². The van der Waals surface area contributed by atoms with Crippen molar-refractivity contribution in [3.8, 4) is 0 Å². The van der Waals surface area contributed by atoms with E-state index in [9.17, 15) is 4.79 Å². The highest BCUT2D eigenvalue weighted by Crippen LogP contribution is 2.26. The molecule has 0 aliphatic heterocycles. The highest BCUT2D eigenvalue weighted by atomic mass is 16.1. The first-order valence-corrected chi connectivity index (χ1v) is 5.63. The van der Waals surface area contributed by atoms with Gasteiger partial charge in [0.05, 0.1) is 0 Å². The van der Waals surface area contributed by atoms with Crippen LogP contribution < -0.4 is 11.1 Å². The number of hydrogen-bond acceptors (Lipinski definition) is 3. The molecule has 0 bridgehead atoms. The lowest BCUT2D eigenvalue weighted by atomic mass is 9.99. The van der Waals surface area contributed by atoms with E-state index in [0.717, 1.165) is 0 Å². The molecule has 0 saturated heterocycles. The highest BCUT2D eigenvalue weighted by Gasteiger charge is 2.36. The van der Waals surface area contributed by atoms with Crippen molar-refractivity contribution < 1.29 is 4.79 Å². The number of rotatable bonds is 6. The maximum Gasteiger partial charge on any atom is 0.238 e. The standard InChI is InChI=1S/C11H23N3O/c1-8(2)13-11(3,10(12)15)7-14(4)9-5-6-9/h8-9,13H,5-7H2,1-4H3,(H2,12,15). The summed E-state index contributed by atoms with van der Waals surface area (Å²) in [7, 11) is 2.06. The molecule has 1 saturated carbocycles. The molecule has 1 atom stereocenters. The second kappa shape index (κ2) is 4.49. The molecule has 0 aromatic heterocycles. The van der Waals surface area contributed by atoms with Gasteiger partial charge in [0, 0.05) is 18.6 Å². The Labute approximate surface area is 92.2 Å². The van der Waals surface area contributed by atoms with Gasteiger partial charge < -0.3 is 16.0 Å². The summed E-state index contributed by atoms with van der Waals surface area (Å²) in [4.78, 5) is 13.7. The zero-order valence-corrected chi connectivity index (χ0v) is 10.2. The van der Waals surface area contributed by atoms with Gasteiger partial charge in [-0.1, -0.05) is 0 Å². The summed E-state index contributed by atoms with van der Waals surface area (Å²) >= 11 is 0. The van der Waals surface area contributed by atoms with Crippen molar-refractivity contribution in [2.75, 3.05) is 13.6 Å². The van der Waals surface area contributed by atoms with Gasteiger partial charge in [0.2, 0.25) is 5.91 Å². The van der Waals surface area contributed by atoms with E-state index in [-0.39, 0.29) is 11.9 Å². The number of carbonyl (C=O) groups excluding carboxylic acids is 1. The molecule has 4 heteroatoms. The Morgan fingerprint density at radius 1 is 1.60 bits per heavy atom. The molecular formula is C11H23N3O. The molecule has 1 aliphatic rings. The Hall–Kier alpha value is -0.610. The molecule has 88 valence electrons. The van der Waals surface area contributed by atoms with Gasteiger partial charge in [-0.25, -0.2) is 0 Å².